The van der Waals surface area contributed by atoms with Crippen molar-refractivity contribution in [1.29, 1.82) is 0 Å². The van der Waals surface area contributed by atoms with Gasteiger partial charge in [-0.05, 0) is 24.8 Å². The van der Waals surface area contributed by atoms with Gasteiger partial charge in [-0.2, -0.15) is 4.98 Å². The van der Waals surface area contributed by atoms with Gasteiger partial charge in [-0.1, -0.05) is 18.1 Å². The highest BCUT2D eigenvalue weighted by atomic mass is 32.1. The van der Waals surface area contributed by atoms with E-state index in [-0.39, 0.29) is 0 Å². The largest absolute Gasteiger partial charge is 0.338 e. The maximum Gasteiger partial charge on any atom is 0.240 e. The molecule has 2 heterocycles. The van der Waals surface area contributed by atoms with Crippen LogP contribution >= 0.6 is 11.3 Å². The van der Waals surface area contributed by atoms with Gasteiger partial charge in [0.15, 0.2) is 0 Å². The van der Waals surface area contributed by atoms with Crippen LogP contribution in [0.25, 0.3) is 10.7 Å². The third-order valence-electron chi connectivity index (χ3n) is 2.42. The van der Waals surface area contributed by atoms with E-state index in [2.05, 4.69) is 29.3 Å². The molecule has 0 amide bonds. The van der Waals surface area contributed by atoms with Gasteiger partial charge in [-0.15, -0.1) is 11.3 Å². The predicted octanol–water partition coefficient (Wildman–Crippen LogP) is 2.69. The van der Waals surface area contributed by atoms with Gasteiger partial charge in [0.25, 0.3) is 0 Å². The monoisotopic (exact) mass is 237 g/mol. The Balaban J connectivity index is 1.98. The van der Waals surface area contributed by atoms with E-state index in [1.54, 1.807) is 11.3 Å². The summed E-state index contributed by atoms with van der Waals surface area (Å²) in [5.41, 5.74) is 0. The third kappa shape index (κ3) is 2.68. The summed E-state index contributed by atoms with van der Waals surface area (Å²) >= 11 is 1.61. The molecule has 0 saturated carbocycles. The lowest BCUT2D eigenvalue weighted by molar-refractivity contribution is 0.358. The van der Waals surface area contributed by atoms with Crippen LogP contribution in [0.4, 0.5) is 0 Å². The minimum atomic E-state index is 0.470. The molecule has 2 aromatic heterocycles. The summed E-state index contributed by atoms with van der Waals surface area (Å²) in [6.45, 7) is 4.91. The standard InChI is InChI=1S/C11H15N3OS/c1-3-8(2)12-7-10-13-11(14-15-10)9-5-4-6-16-9/h4-6,8,12H,3,7H2,1-2H3/t8-/m0/s1. The van der Waals surface area contributed by atoms with E-state index in [1.165, 1.54) is 0 Å². The van der Waals surface area contributed by atoms with Crippen LogP contribution in [0.1, 0.15) is 26.2 Å². The van der Waals surface area contributed by atoms with Crippen molar-refractivity contribution < 1.29 is 4.52 Å². The average Bonchev–Trinajstić information content (AvgIpc) is 2.95. The molecule has 0 aliphatic rings. The van der Waals surface area contributed by atoms with Crippen LogP contribution in [-0.2, 0) is 6.54 Å². The Labute approximate surface area is 98.7 Å². The Hall–Kier alpha value is -1.20. The molecular weight excluding hydrogens is 222 g/mol. The quantitative estimate of drug-likeness (QED) is 0.868. The van der Waals surface area contributed by atoms with Crippen molar-refractivity contribution in [2.24, 2.45) is 0 Å². The molecule has 86 valence electrons. The van der Waals surface area contributed by atoms with Crippen LogP contribution in [0.5, 0.6) is 0 Å². The Morgan fingerprint density at radius 3 is 3.12 bits per heavy atom. The van der Waals surface area contributed by atoms with E-state index >= 15 is 0 Å². The molecule has 0 unspecified atom stereocenters. The normalized spacial score (nSPS) is 12.9. The van der Waals surface area contributed by atoms with E-state index in [4.69, 9.17) is 4.52 Å². The fraction of sp³-hybridized carbons (Fsp3) is 0.455. The van der Waals surface area contributed by atoms with Crippen molar-refractivity contribution in [2.75, 3.05) is 0 Å². The average molecular weight is 237 g/mol. The predicted molar refractivity (Wildman–Crippen MR) is 64.2 cm³/mol. The molecule has 4 nitrogen and oxygen atoms in total. The highest BCUT2D eigenvalue weighted by molar-refractivity contribution is 7.13. The van der Waals surface area contributed by atoms with Gasteiger partial charge in [0.2, 0.25) is 11.7 Å². The highest BCUT2D eigenvalue weighted by Gasteiger charge is 2.09. The first-order valence-electron chi connectivity index (χ1n) is 5.39. The Morgan fingerprint density at radius 2 is 2.44 bits per heavy atom. The maximum atomic E-state index is 5.17. The van der Waals surface area contributed by atoms with E-state index in [0.29, 0.717) is 24.3 Å². The molecule has 2 rings (SSSR count). The van der Waals surface area contributed by atoms with Gasteiger partial charge < -0.3 is 9.84 Å². The molecule has 16 heavy (non-hydrogen) atoms. The summed E-state index contributed by atoms with van der Waals surface area (Å²) < 4.78 is 5.17. The molecule has 1 atom stereocenters. The summed E-state index contributed by atoms with van der Waals surface area (Å²) in [5.74, 6) is 1.32. The highest BCUT2D eigenvalue weighted by Crippen LogP contribution is 2.21. The van der Waals surface area contributed by atoms with Crippen molar-refractivity contribution in [3.63, 3.8) is 0 Å². The third-order valence-corrected chi connectivity index (χ3v) is 3.29. The molecular formula is C11H15N3OS. The van der Waals surface area contributed by atoms with Gasteiger partial charge >= 0.3 is 0 Å². The second-order valence-corrected chi connectivity index (χ2v) is 4.63. The van der Waals surface area contributed by atoms with Gasteiger partial charge in [-0.25, -0.2) is 0 Å². The van der Waals surface area contributed by atoms with Crippen molar-refractivity contribution >= 4 is 11.3 Å². The maximum absolute atomic E-state index is 5.17. The Morgan fingerprint density at radius 1 is 1.56 bits per heavy atom. The number of hydrogen-bond acceptors (Lipinski definition) is 5. The van der Waals surface area contributed by atoms with Crippen molar-refractivity contribution in [3.8, 4) is 10.7 Å². The SMILES string of the molecule is CC[C@H](C)NCc1nc(-c2cccs2)no1. The molecule has 0 spiro atoms. The van der Waals surface area contributed by atoms with Gasteiger partial charge in [0.1, 0.15) is 0 Å². The molecule has 0 aromatic carbocycles. The van der Waals surface area contributed by atoms with E-state index in [0.717, 1.165) is 11.3 Å². The number of nitrogens with zero attached hydrogens (tertiary/aromatic N) is 2. The fourth-order valence-electron chi connectivity index (χ4n) is 1.24. The first-order chi connectivity index (χ1) is 7.79. The van der Waals surface area contributed by atoms with Gasteiger partial charge in [-0.3, -0.25) is 0 Å². The first kappa shape index (κ1) is 11.3. The lowest BCUT2D eigenvalue weighted by Gasteiger charge is -2.07. The number of rotatable bonds is 5. The number of aromatic nitrogens is 2. The molecule has 0 aliphatic carbocycles. The number of thiophene rings is 1. The zero-order valence-electron chi connectivity index (χ0n) is 9.43. The Bertz CT molecular complexity index is 424. The summed E-state index contributed by atoms with van der Waals surface area (Å²) in [6, 6.07) is 4.44. The first-order valence-corrected chi connectivity index (χ1v) is 6.27. The summed E-state index contributed by atoms with van der Waals surface area (Å²) in [4.78, 5) is 5.37. The molecule has 0 aliphatic heterocycles. The van der Waals surface area contributed by atoms with Crippen LogP contribution in [0.15, 0.2) is 22.0 Å². The lowest BCUT2D eigenvalue weighted by atomic mass is 10.3. The fourth-order valence-corrected chi connectivity index (χ4v) is 1.89. The zero-order chi connectivity index (χ0) is 11.4. The second-order valence-electron chi connectivity index (χ2n) is 3.68. The topological polar surface area (TPSA) is 51.0 Å². The van der Waals surface area contributed by atoms with E-state index in [1.807, 2.05) is 17.5 Å². The van der Waals surface area contributed by atoms with E-state index in [9.17, 15) is 0 Å². The lowest BCUT2D eigenvalue weighted by Crippen LogP contribution is -2.24. The summed E-state index contributed by atoms with van der Waals surface area (Å²) in [5, 5.41) is 9.26. The van der Waals surface area contributed by atoms with Crippen molar-refractivity contribution in [2.45, 2.75) is 32.9 Å². The molecule has 2 aromatic rings. The molecule has 1 N–H and O–H groups in total. The minimum Gasteiger partial charge on any atom is -0.338 e. The summed E-state index contributed by atoms with van der Waals surface area (Å²) in [7, 11) is 0. The van der Waals surface area contributed by atoms with E-state index < -0.39 is 0 Å². The van der Waals surface area contributed by atoms with Gasteiger partial charge in [0.05, 0.1) is 11.4 Å². The van der Waals surface area contributed by atoms with Crippen LogP contribution in [-0.4, -0.2) is 16.2 Å². The summed E-state index contributed by atoms with van der Waals surface area (Å²) in [6.07, 6.45) is 1.09. The molecule has 5 heteroatoms. The molecule has 0 saturated heterocycles. The van der Waals surface area contributed by atoms with Crippen molar-refractivity contribution in [1.82, 2.24) is 15.5 Å². The van der Waals surface area contributed by atoms with Gasteiger partial charge in [0, 0.05) is 6.04 Å². The molecule has 0 fully saturated rings. The van der Waals surface area contributed by atoms with Crippen LogP contribution in [0, 0.1) is 0 Å². The van der Waals surface area contributed by atoms with Crippen molar-refractivity contribution in [3.05, 3.63) is 23.4 Å². The number of hydrogen-bond donors (Lipinski definition) is 1. The minimum absolute atomic E-state index is 0.470. The second kappa shape index (κ2) is 5.23. The Kier molecular flexibility index (Phi) is 3.69. The number of nitrogens with one attached hydrogen (secondary N) is 1. The molecule has 0 bridgehead atoms. The smallest absolute Gasteiger partial charge is 0.240 e. The van der Waals surface area contributed by atoms with Crippen LogP contribution in [0.2, 0.25) is 0 Å². The molecule has 0 radical (unpaired) electrons. The van der Waals surface area contributed by atoms with Crippen LogP contribution in [0.3, 0.4) is 0 Å². The van der Waals surface area contributed by atoms with Crippen LogP contribution < -0.4 is 5.32 Å². The zero-order valence-corrected chi connectivity index (χ0v) is 10.3.